The number of fused-ring (bicyclic) bond motifs is 1. The fourth-order valence-electron chi connectivity index (χ4n) is 4.12. The number of anilines is 1. The maximum absolute atomic E-state index is 13.0. The van der Waals surface area contributed by atoms with Gasteiger partial charge in [0.25, 0.3) is 0 Å². The van der Waals surface area contributed by atoms with Crippen molar-refractivity contribution in [2.24, 2.45) is 9.98 Å². The number of alkyl halides is 3. The van der Waals surface area contributed by atoms with Gasteiger partial charge in [-0.25, -0.2) is 20.0 Å². The maximum atomic E-state index is 13.0. The van der Waals surface area contributed by atoms with Crippen molar-refractivity contribution in [1.29, 1.82) is 0 Å². The molecule has 5 rings (SSSR count). The number of ether oxygens (including phenoxy) is 1. The van der Waals surface area contributed by atoms with E-state index in [9.17, 15) is 13.2 Å². The molecule has 3 aromatic carbocycles. The van der Waals surface area contributed by atoms with Gasteiger partial charge in [-0.3, -0.25) is 0 Å². The topological polar surface area (TPSA) is 71.8 Å². The van der Waals surface area contributed by atoms with Crippen LogP contribution in [0.3, 0.4) is 0 Å². The highest BCUT2D eigenvalue weighted by Crippen LogP contribution is 2.34. The zero-order chi connectivity index (χ0) is 25.3. The Bertz CT molecular complexity index is 1480. The SMILES string of the molecule is CCC1N=C(Nc2nc(-c3ccccc3OC(F)(F)F)nc3c(C)cccc23)N=C1c1ccccc1. The number of aliphatic imine (C=N–C) groups is 2. The van der Waals surface area contributed by atoms with Crippen LogP contribution in [0.25, 0.3) is 22.3 Å². The molecule has 0 saturated heterocycles. The van der Waals surface area contributed by atoms with Gasteiger partial charge >= 0.3 is 6.36 Å². The van der Waals surface area contributed by atoms with Gasteiger partial charge in [-0.05, 0) is 42.7 Å². The highest BCUT2D eigenvalue weighted by Gasteiger charge is 2.32. The maximum Gasteiger partial charge on any atom is 0.573 e. The van der Waals surface area contributed by atoms with Gasteiger partial charge in [-0.15, -0.1) is 13.2 Å². The van der Waals surface area contributed by atoms with E-state index in [0.29, 0.717) is 22.7 Å². The first-order chi connectivity index (χ1) is 17.3. The number of aryl methyl sites for hydroxylation is 1. The van der Waals surface area contributed by atoms with Gasteiger partial charge in [0, 0.05) is 5.39 Å². The monoisotopic (exact) mass is 489 g/mol. The molecule has 36 heavy (non-hydrogen) atoms. The van der Waals surface area contributed by atoms with Crippen molar-refractivity contribution in [3.05, 3.63) is 83.9 Å². The molecular weight excluding hydrogens is 467 g/mol. The minimum Gasteiger partial charge on any atom is -0.405 e. The van der Waals surface area contributed by atoms with Crippen molar-refractivity contribution in [2.75, 3.05) is 5.32 Å². The lowest BCUT2D eigenvalue weighted by atomic mass is 10.0. The van der Waals surface area contributed by atoms with E-state index in [1.165, 1.54) is 18.2 Å². The van der Waals surface area contributed by atoms with Gasteiger partial charge in [0.15, 0.2) is 5.82 Å². The highest BCUT2D eigenvalue weighted by molar-refractivity contribution is 6.17. The average molecular weight is 490 g/mol. The minimum atomic E-state index is -4.85. The van der Waals surface area contributed by atoms with Crippen LogP contribution < -0.4 is 10.1 Å². The van der Waals surface area contributed by atoms with Gasteiger partial charge in [0.1, 0.15) is 11.6 Å². The molecule has 1 atom stereocenters. The average Bonchev–Trinajstić information content (AvgIpc) is 3.27. The summed E-state index contributed by atoms with van der Waals surface area (Å²) in [5, 5.41) is 3.90. The van der Waals surface area contributed by atoms with Crippen LogP contribution in [0.1, 0.15) is 24.5 Å². The number of halogens is 3. The molecule has 2 heterocycles. The molecule has 0 fully saturated rings. The number of aromatic nitrogens is 2. The first kappa shape index (κ1) is 23.5. The molecule has 0 aliphatic carbocycles. The van der Waals surface area contributed by atoms with Crippen molar-refractivity contribution >= 4 is 28.4 Å². The normalized spacial score (nSPS) is 15.5. The van der Waals surface area contributed by atoms with Crippen LogP contribution in [0.5, 0.6) is 5.75 Å². The third-order valence-electron chi connectivity index (χ3n) is 5.79. The second kappa shape index (κ2) is 9.41. The molecule has 0 spiro atoms. The quantitative estimate of drug-likeness (QED) is 0.345. The first-order valence-electron chi connectivity index (χ1n) is 11.4. The number of hydrogen-bond acceptors (Lipinski definition) is 6. The van der Waals surface area contributed by atoms with Gasteiger partial charge in [0.2, 0.25) is 5.96 Å². The number of nitrogens with one attached hydrogen (secondary N) is 1. The Labute approximate surface area is 205 Å². The third-order valence-corrected chi connectivity index (χ3v) is 5.79. The Morgan fingerprint density at radius 3 is 2.42 bits per heavy atom. The molecule has 4 aromatic rings. The molecular formula is C27H22F3N5O. The number of guanidine groups is 1. The van der Waals surface area contributed by atoms with E-state index in [0.717, 1.165) is 23.3 Å². The summed E-state index contributed by atoms with van der Waals surface area (Å²) in [6.07, 6.45) is -4.09. The molecule has 0 amide bonds. The van der Waals surface area contributed by atoms with Crippen molar-refractivity contribution < 1.29 is 17.9 Å². The smallest absolute Gasteiger partial charge is 0.405 e. The van der Waals surface area contributed by atoms with Crippen LogP contribution in [-0.4, -0.2) is 34.0 Å². The number of rotatable bonds is 5. The van der Waals surface area contributed by atoms with Crippen molar-refractivity contribution in [3.63, 3.8) is 0 Å². The number of para-hydroxylation sites is 2. The second-order valence-electron chi connectivity index (χ2n) is 8.28. The van der Waals surface area contributed by atoms with Crippen molar-refractivity contribution in [1.82, 2.24) is 9.97 Å². The Morgan fingerprint density at radius 2 is 1.67 bits per heavy atom. The van der Waals surface area contributed by atoms with E-state index < -0.39 is 6.36 Å². The van der Waals surface area contributed by atoms with Crippen LogP contribution in [-0.2, 0) is 0 Å². The van der Waals surface area contributed by atoms with E-state index >= 15 is 0 Å². The lowest BCUT2D eigenvalue weighted by Crippen LogP contribution is -2.18. The summed E-state index contributed by atoms with van der Waals surface area (Å²) in [5.41, 5.74) is 3.40. The van der Waals surface area contributed by atoms with E-state index in [-0.39, 0.29) is 23.2 Å². The van der Waals surface area contributed by atoms with Crippen molar-refractivity contribution in [2.45, 2.75) is 32.7 Å². The largest absolute Gasteiger partial charge is 0.573 e. The standard InChI is InChI=1S/C27H22F3N5O/c1-3-20-23(17-11-5-4-6-12-17)33-26(31-20)35-25-19-14-9-10-16(2)22(19)32-24(34-25)18-13-7-8-15-21(18)36-27(28,29)30/h4-15,20H,3H2,1-2H3,(H,31,32,34,35). The molecule has 182 valence electrons. The summed E-state index contributed by atoms with van der Waals surface area (Å²) in [7, 11) is 0. The van der Waals surface area contributed by atoms with E-state index in [1.807, 2.05) is 62.4 Å². The summed E-state index contributed by atoms with van der Waals surface area (Å²) < 4.78 is 43.4. The zero-order valence-corrected chi connectivity index (χ0v) is 19.5. The van der Waals surface area contributed by atoms with Gasteiger partial charge in [-0.2, -0.15) is 0 Å². The molecule has 6 nitrogen and oxygen atoms in total. The third kappa shape index (κ3) is 4.77. The van der Waals surface area contributed by atoms with Crippen LogP contribution >= 0.6 is 0 Å². The molecule has 1 aliphatic rings. The summed E-state index contributed by atoms with van der Waals surface area (Å²) in [6.45, 7) is 3.92. The molecule has 0 bridgehead atoms. The fourth-order valence-corrected chi connectivity index (χ4v) is 4.12. The Balaban J connectivity index is 1.60. The molecule has 1 aliphatic heterocycles. The zero-order valence-electron chi connectivity index (χ0n) is 19.5. The number of benzene rings is 3. The van der Waals surface area contributed by atoms with Gasteiger partial charge < -0.3 is 10.1 Å². The molecule has 0 saturated carbocycles. The van der Waals surface area contributed by atoms with Crippen molar-refractivity contribution in [3.8, 4) is 17.1 Å². The molecule has 9 heteroatoms. The Hall–Kier alpha value is -4.27. The molecule has 1 unspecified atom stereocenters. The van der Waals surface area contributed by atoms with E-state index in [1.54, 1.807) is 6.07 Å². The predicted octanol–water partition coefficient (Wildman–Crippen LogP) is 6.55. The predicted molar refractivity (Wildman–Crippen MR) is 135 cm³/mol. The summed E-state index contributed by atoms with van der Waals surface area (Å²) in [4.78, 5) is 18.6. The lowest BCUT2D eigenvalue weighted by Gasteiger charge is -2.15. The Kier molecular flexibility index (Phi) is 6.13. The lowest BCUT2D eigenvalue weighted by molar-refractivity contribution is -0.274. The van der Waals surface area contributed by atoms with Crippen LogP contribution in [0, 0.1) is 6.92 Å². The van der Waals surface area contributed by atoms with Gasteiger partial charge in [0.05, 0.1) is 22.8 Å². The molecule has 0 radical (unpaired) electrons. The summed E-state index contributed by atoms with van der Waals surface area (Å²) >= 11 is 0. The Morgan fingerprint density at radius 1 is 0.917 bits per heavy atom. The number of hydrogen-bond donors (Lipinski definition) is 1. The highest BCUT2D eigenvalue weighted by atomic mass is 19.4. The minimum absolute atomic E-state index is 0.0945. The van der Waals surface area contributed by atoms with Gasteiger partial charge in [-0.1, -0.05) is 61.5 Å². The van der Waals surface area contributed by atoms with Crippen LogP contribution in [0.2, 0.25) is 0 Å². The van der Waals surface area contributed by atoms with E-state index in [2.05, 4.69) is 20.0 Å². The van der Waals surface area contributed by atoms with Crippen LogP contribution in [0.15, 0.2) is 82.8 Å². The summed E-state index contributed by atoms with van der Waals surface area (Å²) in [6, 6.07) is 21.1. The fraction of sp³-hybridized carbons (Fsp3) is 0.185. The van der Waals surface area contributed by atoms with Crippen LogP contribution in [0.4, 0.5) is 19.0 Å². The van der Waals surface area contributed by atoms with E-state index in [4.69, 9.17) is 9.98 Å². The second-order valence-corrected chi connectivity index (χ2v) is 8.28. The number of nitrogens with zero attached hydrogens (tertiary/aromatic N) is 4. The first-order valence-corrected chi connectivity index (χ1v) is 11.4. The molecule has 1 N–H and O–H groups in total. The molecule has 1 aromatic heterocycles. The summed E-state index contributed by atoms with van der Waals surface area (Å²) in [5.74, 6) is 0.495.